The van der Waals surface area contributed by atoms with Gasteiger partial charge in [0.1, 0.15) is 5.82 Å². The average Bonchev–Trinajstić information content (AvgIpc) is 2.64. The number of nitrogens with one attached hydrogen (secondary N) is 3. The van der Waals surface area contributed by atoms with E-state index in [4.69, 9.17) is 0 Å². The van der Waals surface area contributed by atoms with Crippen molar-refractivity contribution in [1.29, 1.82) is 0 Å². The molecule has 6 nitrogen and oxygen atoms in total. The van der Waals surface area contributed by atoms with Crippen LogP contribution in [0.4, 0.5) is 19.0 Å². The zero-order chi connectivity index (χ0) is 21.4. The highest BCUT2D eigenvalue weighted by Gasteiger charge is 2.33. The lowest BCUT2D eigenvalue weighted by atomic mass is 10.0. The Hall–Kier alpha value is -3.10. The van der Waals surface area contributed by atoms with Gasteiger partial charge >= 0.3 is 6.18 Å². The molecule has 0 fully saturated rings. The number of anilines is 1. The number of amides is 2. The van der Waals surface area contributed by atoms with Gasteiger partial charge in [-0.3, -0.25) is 9.59 Å². The van der Waals surface area contributed by atoms with Crippen molar-refractivity contribution in [2.24, 2.45) is 0 Å². The molecule has 2 aromatic rings. The minimum absolute atomic E-state index is 0.0139. The van der Waals surface area contributed by atoms with Gasteiger partial charge in [0.25, 0.3) is 0 Å². The normalized spacial score (nSPS) is 12.2. The molecule has 9 heteroatoms. The third-order valence-electron chi connectivity index (χ3n) is 4.10. The van der Waals surface area contributed by atoms with Crippen LogP contribution < -0.4 is 16.0 Å². The molecule has 0 saturated carbocycles. The monoisotopic (exact) mass is 408 g/mol. The second kappa shape index (κ2) is 9.90. The molecule has 0 saturated heterocycles. The molecule has 1 atom stereocenters. The Morgan fingerprint density at radius 1 is 1.10 bits per heavy atom. The Kier molecular flexibility index (Phi) is 7.58. The first-order chi connectivity index (χ1) is 13.7. The molecule has 156 valence electrons. The molecule has 0 spiro atoms. The number of alkyl halides is 3. The van der Waals surface area contributed by atoms with E-state index in [9.17, 15) is 22.8 Å². The SMILES string of the molecule is CC(=O)NC(CC(=O)NCCNc1ncccc1C(F)(F)F)c1ccc(C)cc1. The van der Waals surface area contributed by atoms with Gasteiger partial charge in [0.15, 0.2) is 0 Å². The fraction of sp³-hybridized carbons (Fsp3) is 0.350. The van der Waals surface area contributed by atoms with E-state index >= 15 is 0 Å². The van der Waals surface area contributed by atoms with Crippen molar-refractivity contribution in [3.63, 3.8) is 0 Å². The van der Waals surface area contributed by atoms with Crippen LogP contribution in [-0.2, 0) is 15.8 Å². The van der Waals surface area contributed by atoms with E-state index in [-0.39, 0.29) is 37.1 Å². The summed E-state index contributed by atoms with van der Waals surface area (Å²) in [5, 5.41) is 7.95. The zero-order valence-corrected chi connectivity index (χ0v) is 16.1. The topological polar surface area (TPSA) is 83.1 Å². The van der Waals surface area contributed by atoms with E-state index in [1.165, 1.54) is 19.2 Å². The fourth-order valence-electron chi connectivity index (χ4n) is 2.71. The van der Waals surface area contributed by atoms with Crippen LogP contribution in [0.2, 0.25) is 0 Å². The number of nitrogens with zero attached hydrogens (tertiary/aromatic N) is 1. The third kappa shape index (κ3) is 7.10. The van der Waals surface area contributed by atoms with Gasteiger partial charge in [-0.25, -0.2) is 4.98 Å². The number of rotatable bonds is 8. The van der Waals surface area contributed by atoms with Crippen molar-refractivity contribution < 1.29 is 22.8 Å². The molecule has 2 rings (SSSR count). The maximum atomic E-state index is 12.9. The molecule has 1 aromatic heterocycles. The van der Waals surface area contributed by atoms with Gasteiger partial charge in [-0.15, -0.1) is 0 Å². The zero-order valence-electron chi connectivity index (χ0n) is 16.1. The molecule has 1 heterocycles. The van der Waals surface area contributed by atoms with Crippen molar-refractivity contribution in [2.45, 2.75) is 32.5 Å². The van der Waals surface area contributed by atoms with Crippen LogP contribution >= 0.6 is 0 Å². The Morgan fingerprint density at radius 2 is 1.79 bits per heavy atom. The summed E-state index contributed by atoms with van der Waals surface area (Å²) in [6, 6.07) is 9.10. The van der Waals surface area contributed by atoms with Gasteiger partial charge in [0.05, 0.1) is 18.0 Å². The summed E-state index contributed by atoms with van der Waals surface area (Å²) in [5.74, 6) is -0.881. The van der Waals surface area contributed by atoms with Crippen molar-refractivity contribution in [3.05, 3.63) is 59.3 Å². The van der Waals surface area contributed by atoms with E-state index in [1.54, 1.807) is 0 Å². The van der Waals surface area contributed by atoms with Crippen molar-refractivity contribution >= 4 is 17.6 Å². The lowest BCUT2D eigenvalue weighted by molar-refractivity contribution is -0.137. The first kappa shape index (κ1) is 22.2. The standard InChI is InChI=1S/C20H23F3N4O2/c1-13-5-7-15(8-6-13)17(27-14(2)28)12-18(29)24-10-11-26-19-16(20(21,22)23)4-3-9-25-19/h3-9,17H,10-12H2,1-2H3,(H,24,29)(H,25,26)(H,27,28). The van der Waals surface area contributed by atoms with E-state index in [0.717, 1.165) is 17.2 Å². The number of carbonyl (C=O) groups excluding carboxylic acids is 2. The largest absolute Gasteiger partial charge is 0.419 e. The summed E-state index contributed by atoms with van der Waals surface area (Å²) in [6.45, 7) is 3.48. The van der Waals surface area contributed by atoms with Gasteiger partial charge in [0.2, 0.25) is 11.8 Å². The maximum absolute atomic E-state index is 12.9. The van der Waals surface area contributed by atoms with Gasteiger partial charge in [-0.2, -0.15) is 13.2 Å². The molecule has 2 amide bonds. The first-order valence-corrected chi connectivity index (χ1v) is 9.03. The molecular formula is C20H23F3N4O2. The molecule has 0 aliphatic heterocycles. The molecular weight excluding hydrogens is 385 g/mol. The van der Waals surface area contributed by atoms with Crippen LogP contribution in [0.25, 0.3) is 0 Å². The number of aromatic nitrogens is 1. The van der Waals surface area contributed by atoms with Gasteiger partial charge < -0.3 is 16.0 Å². The average molecular weight is 408 g/mol. The van der Waals surface area contributed by atoms with Gasteiger partial charge in [-0.1, -0.05) is 29.8 Å². The fourth-order valence-corrected chi connectivity index (χ4v) is 2.71. The molecule has 3 N–H and O–H groups in total. The minimum Gasteiger partial charge on any atom is -0.368 e. The summed E-state index contributed by atoms with van der Waals surface area (Å²) in [5.41, 5.74) is 0.984. The predicted molar refractivity (Wildman–Crippen MR) is 103 cm³/mol. The number of pyridine rings is 1. The van der Waals surface area contributed by atoms with E-state index in [2.05, 4.69) is 20.9 Å². The van der Waals surface area contributed by atoms with E-state index < -0.39 is 17.8 Å². The number of hydrogen-bond donors (Lipinski definition) is 3. The summed E-state index contributed by atoms with van der Waals surface area (Å²) < 4.78 is 38.8. The van der Waals surface area contributed by atoms with Crippen molar-refractivity contribution in [3.8, 4) is 0 Å². The molecule has 1 aromatic carbocycles. The molecule has 0 bridgehead atoms. The molecule has 0 aliphatic rings. The summed E-state index contributed by atoms with van der Waals surface area (Å²) in [4.78, 5) is 27.4. The first-order valence-electron chi connectivity index (χ1n) is 9.03. The lowest BCUT2D eigenvalue weighted by Gasteiger charge is -2.18. The van der Waals surface area contributed by atoms with Crippen molar-refractivity contribution in [2.75, 3.05) is 18.4 Å². The summed E-state index contributed by atoms with van der Waals surface area (Å²) >= 11 is 0. The summed E-state index contributed by atoms with van der Waals surface area (Å²) in [7, 11) is 0. The Balaban J connectivity index is 1.88. The van der Waals surface area contributed by atoms with E-state index in [0.29, 0.717) is 0 Å². The number of benzene rings is 1. The number of halogens is 3. The Morgan fingerprint density at radius 3 is 2.41 bits per heavy atom. The Labute approximate surface area is 166 Å². The maximum Gasteiger partial charge on any atom is 0.419 e. The van der Waals surface area contributed by atoms with Gasteiger partial charge in [0, 0.05) is 26.2 Å². The summed E-state index contributed by atoms with van der Waals surface area (Å²) in [6.07, 6.45) is -3.24. The molecule has 29 heavy (non-hydrogen) atoms. The predicted octanol–water partition coefficient (Wildman–Crippen LogP) is 3.20. The molecule has 0 radical (unpaired) electrons. The van der Waals surface area contributed by atoms with Crippen LogP contribution in [0, 0.1) is 6.92 Å². The third-order valence-corrected chi connectivity index (χ3v) is 4.10. The highest BCUT2D eigenvalue weighted by atomic mass is 19.4. The van der Waals surface area contributed by atoms with Gasteiger partial charge in [-0.05, 0) is 24.6 Å². The second-order valence-electron chi connectivity index (χ2n) is 6.54. The van der Waals surface area contributed by atoms with Crippen LogP contribution in [0.3, 0.4) is 0 Å². The second-order valence-corrected chi connectivity index (χ2v) is 6.54. The minimum atomic E-state index is -4.51. The Bertz CT molecular complexity index is 838. The highest BCUT2D eigenvalue weighted by molar-refractivity contribution is 5.79. The number of carbonyl (C=O) groups is 2. The van der Waals surface area contributed by atoms with Crippen LogP contribution in [0.1, 0.15) is 36.1 Å². The molecule has 0 aliphatic carbocycles. The smallest absolute Gasteiger partial charge is 0.368 e. The number of aryl methyl sites for hydroxylation is 1. The number of hydrogen-bond acceptors (Lipinski definition) is 4. The van der Waals surface area contributed by atoms with Crippen molar-refractivity contribution in [1.82, 2.24) is 15.6 Å². The molecule has 1 unspecified atom stereocenters. The van der Waals surface area contributed by atoms with Crippen LogP contribution in [0.5, 0.6) is 0 Å². The highest BCUT2D eigenvalue weighted by Crippen LogP contribution is 2.33. The van der Waals surface area contributed by atoms with Crippen LogP contribution in [-0.4, -0.2) is 29.9 Å². The van der Waals surface area contributed by atoms with Crippen LogP contribution in [0.15, 0.2) is 42.6 Å². The quantitative estimate of drug-likeness (QED) is 0.586. The lowest BCUT2D eigenvalue weighted by Crippen LogP contribution is -2.34. The van der Waals surface area contributed by atoms with E-state index in [1.807, 2.05) is 31.2 Å².